The van der Waals surface area contributed by atoms with E-state index in [0.717, 1.165) is 42.2 Å². The molecule has 1 saturated carbocycles. The Labute approximate surface area is 119 Å². The van der Waals surface area contributed by atoms with Gasteiger partial charge in [0.2, 0.25) is 0 Å². The minimum Gasteiger partial charge on any atom is -0.372 e. The van der Waals surface area contributed by atoms with Gasteiger partial charge in [0.15, 0.2) is 0 Å². The van der Waals surface area contributed by atoms with Crippen LogP contribution in [0.1, 0.15) is 50.9 Å². The maximum absolute atomic E-state index is 11.2. The molecule has 1 aliphatic rings. The summed E-state index contributed by atoms with van der Waals surface area (Å²) in [6.07, 6.45) is 3.96. The molecule has 19 heavy (non-hydrogen) atoms. The lowest BCUT2D eigenvalue weighted by atomic mass is 9.96. The monoisotopic (exact) mass is 284 g/mol. The molecule has 0 bridgehead atoms. The number of halogens is 1. The Morgan fingerprint density at radius 1 is 1.37 bits per heavy atom. The molecule has 1 fully saturated rings. The normalized spacial score (nSPS) is 17.1. The van der Waals surface area contributed by atoms with Gasteiger partial charge in [0.05, 0.1) is 29.1 Å². The summed E-state index contributed by atoms with van der Waals surface area (Å²) in [5.41, 5.74) is 1.89. The van der Waals surface area contributed by atoms with E-state index in [1.54, 1.807) is 0 Å². The number of hydrogen-bond acceptors (Lipinski definition) is 3. The molecule has 1 heterocycles. The Hall–Kier alpha value is -0.870. The Balaban J connectivity index is 1.98. The number of carbonyl (C=O) groups excluding carboxylic acids is 1. The number of aryl methyl sites for hydroxylation is 2. The molecule has 4 nitrogen and oxygen atoms in total. The molecule has 0 spiro atoms. The molecule has 0 radical (unpaired) electrons. The van der Waals surface area contributed by atoms with Crippen LogP contribution in [0.4, 0.5) is 0 Å². The second-order valence-corrected chi connectivity index (χ2v) is 5.30. The van der Waals surface area contributed by atoms with Crippen molar-refractivity contribution in [1.82, 2.24) is 9.78 Å². The average molecular weight is 285 g/mol. The van der Waals surface area contributed by atoms with Gasteiger partial charge >= 0.3 is 0 Å². The molecule has 1 aromatic rings. The second-order valence-electron chi connectivity index (χ2n) is 4.93. The number of hydrogen-bond donors (Lipinski definition) is 0. The molecule has 0 unspecified atom stereocenters. The van der Waals surface area contributed by atoms with Crippen LogP contribution in [0.25, 0.3) is 0 Å². The third kappa shape index (κ3) is 3.37. The Bertz CT molecular complexity index is 447. The first-order chi connectivity index (χ1) is 9.15. The second kappa shape index (κ2) is 6.53. The topological polar surface area (TPSA) is 44.1 Å². The number of ether oxygens (including phenoxy) is 1. The zero-order valence-corrected chi connectivity index (χ0v) is 12.4. The third-order valence-electron chi connectivity index (χ3n) is 3.64. The van der Waals surface area contributed by atoms with E-state index in [1.807, 2.05) is 18.5 Å². The summed E-state index contributed by atoms with van der Waals surface area (Å²) in [7, 11) is 0. The molecule has 0 amide bonds. The predicted octanol–water partition coefficient (Wildman–Crippen LogP) is 3.15. The predicted molar refractivity (Wildman–Crippen MR) is 74.3 cm³/mol. The lowest BCUT2D eigenvalue weighted by molar-refractivity contribution is -0.123. The number of rotatable bonds is 5. The minimum absolute atomic E-state index is 0.180. The van der Waals surface area contributed by atoms with Crippen molar-refractivity contribution < 1.29 is 9.53 Å². The van der Waals surface area contributed by atoms with Crippen molar-refractivity contribution in [2.45, 2.75) is 65.2 Å². The molecule has 1 aliphatic carbocycles. The number of Topliss-reactive ketones (excluding diaryl/α,β-unsaturated/α-hetero) is 1. The van der Waals surface area contributed by atoms with Crippen LogP contribution in [0, 0.1) is 0 Å². The largest absolute Gasteiger partial charge is 0.372 e. The smallest absolute Gasteiger partial charge is 0.133 e. The van der Waals surface area contributed by atoms with Crippen LogP contribution in [0.5, 0.6) is 0 Å². The number of nitrogens with zero attached hydrogens (tertiary/aromatic N) is 2. The van der Waals surface area contributed by atoms with Gasteiger partial charge in [-0.05, 0) is 26.2 Å². The van der Waals surface area contributed by atoms with Crippen molar-refractivity contribution in [3.63, 3.8) is 0 Å². The summed E-state index contributed by atoms with van der Waals surface area (Å²) < 4.78 is 7.81. The summed E-state index contributed by atoms with van der Waals surface area (Å²) in [5, 5.41) is 5.21. The van der Waals surface area contributed by atoms with Crippen molar-refractivity contribution >= 4 is 17.4 Å². The van der Waals surface area contributed by atoms with Gasteiger partial charge in [0.25, 0.3) is 0 Å². The zero-order chi connectivity index (χ0) is 13.8. The van der Waals surface area contributed by atoms with E-state index in [-0.39, 0.29) is 6.10 Å². The van der Waals surface area contributed by atoms with Gasteiger partial charge < -0.3 is 4.74 Å². The molecule has 106 valence electrons. The van der Waals surface area contributed by atoms with Gasteiger partial charge in [-0.2, -0.15) is 5.10 Å². The van der Waals surface area contributed by atoms with Gasteiger partial charge in [-0.1, -0.05) is 18.5 Å². The molecule has 0 aliphatic heterocycles. The highest BCUT2D eigenvalue weighted by atomic mass is 35.5. The summed E-state index contributed by atoms with van der Waals surface area (Å²) in [5.74, 6) is 0.352. The molecule has 0 saturated heterocycles. The van der Waals surface area contributed by atoms with Crippen LogP contribution < -0.4 is 0 Å². The summed E-state index contributed by atoms with van der Waals surface area (Å²) in [6, 6.07) is 0. The molecule has 1 aromatic heterocycles. The van der Waals surface area contributed by atoms with Crippen LogP contribution >= 0.6 is 11.6 Å². The lowest BCUT2D eigenvalue weighted by Crippen LogP contribution is -2.22. The maximum Gasteiger partial charge on any atom is 0.133 e. The van der Waals surface area contributed by atoms with Crippen molar-refractivity contribution in [2.75, 3.05) is 0 Å². The SMILES string of the molecule is CCc1nn(CC)c(COC2CCC(=O)CC2)c1Cl. The fraction of sp³-hybridized carbons (Fsp3) is 0.714. The van der Waals surface area contributed by atoms with Gasteiger partial charge in [-0.25, -0.2) is 0 Å². The first-order valence-electron chi connectivity index (χ1n) is 7.03. The van der Waals surface area contributed by atoms with Crippen molar-refractivity contribution in [3.8, 4) is 0 Å². The van der Waals surface area contributed by atoms with Crippen LogP contribution in [0.3, 0.4) is 0 Å². The molecular weight excluding hydrogens is 264 g/mol. The van der Waals surface area contributed by atoms with E-state index >= 15 is 0 Å². The highest BCUT2D eigenvalue weighted by Crippen LogP contribution is 2.25. The van der Waals surface area contributed by atoms with Crippen LogP contribution in [0.15, 0.2) is 0 Å². The van der Waals surface area contributed by atoms with E-state index < -0.39 is 0 Å². The third-order valence-corrected chi connectivity index (χ3v) is 4.08. The quantitative estimate of drug-likeness (QED) is 0.834. The number of aromatic nitrogens is 2. The van der Waals surface area contributed by atoms with Gasteiger partial charge in [0, 0.05) is 19.4 Å². The average Bonchev–Trinajstić information content (AvgIpc) is 2.74. The van der Waals surface area contributed by atoms with E-state index in [4.69, 9.17) is 16.3 Å². The first-order valence-corrected chi connectivity index (χ1v) is 7.40. The van der Waals surface area contributed by atoms with Crippen LogP contribution in [-0.2, 0) is 29.1 Å². The van der Waals surface area contributed by atoms with Crippen molar-refractivity contribution in [1.29, 1.82) is 0 Å². The number of carbonyl (C=O) groups is 1. The van der Waals surface area contributed by atoms with Gasteiger partial charge in [-0.3, -0.25) is 9.48 Å². The van der Waals surface area contributed by atoms with Crippen LogP contribution in [-0.4, -0.2) is 21.7 Å². The zero-order valence-electron chi connectivity index (χ0n) is 11.6. The van der Waals surface area contributed by atoms with E-state index in [1.165, 1.54) is 0 Å². The van der Waals surface area contributed by atoms with E-state index in [9.17, 15) is 4.79 Å². The first kappa shape index (κ1) is 14.5. The molecule has 5 heteroatoms. The lowest BCUT2D eigenvalue weighted by Gasteiger charge is -2.21. The highest BCUT2D eigenvalue weighted by Gasteiger charge is 2.21. The fourth-order valence-electron chi connectivity index (χ4n) is 2.43. The Morgan fingerprint density at radius 3 is 2.63 bits per heavy atom. The standard InChI is InChI=1S/C14H21ClN2O2/c1-3-12-14(15)13(17(4-2)16-12)9-19-11-7-5-10(18)6-8-11/h11H,3-9H2,1-2H3. The minimum atomic E-state index is 0.180. The van der Waals surface area contributed by atoms with Crippen molar-refractivity contribution in [2.24, 2.45) is 0 Å². The Morgan fingerprint density at radius 2 is 2.05 bits per heavy atom. The van der Waals surface area contributed by atoms with E-state index in [2.05, 4.69) is 5.10 Å². The fourth-order valence-corrected chi connectivity index (χ4v) is 2.76. The van der Waals surface area contributed by atoms with Crippen LogP contribution in [0.2, 0.25) is 5.02 Å². The number of ketones is 1. The molecule has 2 rings (SSSR count). The van der Waals surface area contributed by atoms with Gasteiger partial charge in [-0.15, -0.1) is 0 Å². The molecule has 0 atom stereocenters. The summed E-state index contributed by atoms with van der Waals surface area (Å²) in [4.78, 5) is 11.2. The van der Waals surface area contributed by atoms with Gasteiger partial charge in [0.1, 0.15) is 5.78 Å². The summed E-state index contributed by atoms with van der Waals surface area (Å²) in [6.45, 7) is 5.37. The molecule has 0 N–H and O–H groups in total. The molecular formula is C14H21ClN2O2. The Kier molecular flexibility index (Phi) is 4.99. The molecule has 0 aromatic carbocycles. The van der Waals surface area contributed by atoms with Crippen molar-refractivity contribution in [3.05, 3.63) is 16.4 Å². The van der Waals surface area contributed by atoms with E-state index in [0.29, 0.717) is 25.2 Å². The highest BCUT2D eigenvalue weighted by molar-refractivity contribution is 6.31. The summed E-state index contributed by atoms with van der Waals surface area (Å²) >= 11 is 6.33. The maximum atomic E-state index is 11.2.